The molecule has 1 aromatic carbocycles. The first-order valence-electron chi connectivity index (χ1n) is 10.4. The molecule has 0 saturated carbocycles. The fourth-order valence-electron chi connectivity index (χ4n) is 3.74. The van der Waals surface area contributed by atoms with Gasteiger partial charge in [-0.3, -0.25) is 9.59 Å². The number of pyridine rings is 1. The van der Waals surface area contributed by atoms with E-state index in [2.05, 4.69) is 15.4 Å². The smallest absolute Gasteiger partial charge is 0.383 e. The number of rotatable bonds is 5. The number of hydrogen-bond acceptors (Lipinski definition) is 6. The summed E-state index contributed by atoms with van der Waals surface area (Å²) < 4.78 is 45.6. The molecule has 2 amide bonds. The summed E-state index contributed by atoms with van der Waals surface area (Å²) in [5, 5.41) is 6.86. The van der Waals surface area contributed by atoms with E-state index in [0.29, 0.717) is 31.6 Å². The van der Waals surface area contributed by atoms with Gasteiger partial charge in [-0.25, -0.2) is 9.67 Å². The van der Waals surface area contributed by atoms with Crippen molar-refractivity contribution in [1.29, 1.82) is 0 Å². The Labute approximate surface area is 191 Å². The molecule has 4 rings (SSSR count). The Bertz CT molecular complexity index is 1220. The SMILES string of the molecule is NC(=O)c1c(-c2ccc(C(=O)Nc3cc(C(F)(F)F)ccn3)cc2)nn(C2CCOCC2)c1N. The van der Waals surface area contributed by atoms with Crippen LogP contribution in [0, 0.1) is 0 Å². The molecular formula is C22H21F3N6O3. The number of halogens is 3. The first kappa shape index (κ1) is 23.2. The highest BCUT2D eigenvalue weighted by Crippen LogP contribution is 2.33. The molecule has 9 nitrogen and oxygen atoms in total. The summed E-state index contributed by atoms with van der Waals surface area (Å²) in [5.41, 5.74) is 11.8. The van der Waals surface area contributed by atoms with E-state index >= 15 is 0 Å². The summed E-state index contributed by atoms with van der Waals surface area (Å²) in [5.74, 6) is -1.46. The number of alkyl halides is 3. The van der Waals surface area contributed by atoms with E-state index in [1.807, 2.05) is 0 Å². The van der Waals surface area contributed by atoms with E-state index in [-0.39, 0.29) is 34.5 Å². The Morgan fingerprint density at radius 2 is 1.79 bits per heavy atom. The lowest BCUT2D eigenvalue weighted by Gasteiger charge is -2.23. The second-order valence-electron chi connectivity index (χ2n) is 7.72. The molecule has 34 heavy (non-hydrogen) atoms. The van der Waals surface area contributed by atoms with Gasteiger partial charge < -0.3 is 21.5 Å². The molecule has 5 N–H and O–H groups in total. The molecule has 12 heteroatoms. The molecule has 3 aromatic rings. The van der Waals surface area contributed by atoms with Crippen molar-refractivity contribution in [2.75, 3.05) is 24.3 Å². The third-order valence-corrected chi connectivity index (χ3v) is 5.48. The van der Waals surface area contributed by atoms with Crippen LogP contribution < -0.4 is 16.8 Å². The average molecular weight is 474 g/mol. The number of nitrogens with zero attached hydrogens (tertiary/aromatic N) is 3. The summed E-state index contributed by atoms with van der Waals surface area (Å²) in [6.07, 6.45) is -2.22. The van der Waals surface area contributed by atoms with Crippen molar-refractivity contribution in [2.24, 2.45) is 5.73 Å². The fraction of sp³-hybridized carbons (Fsp3) is 0.273. The van der Waals surface area contributed by atoms with E-state index in [1.54, 1.807) is 16.8 Å². The lowest BCUT2D eigenvalue weighted by Crippen LogP contribution is -2.22. The van der Waals surface area contributed by atoms with Gasteiger partial charge in [0.2, 0.25) is 0 Å². The molecule has 0 atom stereocenters. The molecule has 0 bridgehead atoms. The second kappa shape index (κ2) is 9.14. The van der Waals surface area contributed by atoms with Gasteiger partial charge in [-0.15, -0.1) is 0 Å². The zero-order chi connectivity index (χ0) is 24.5. The lowest BCUT2D eigenvalue weighted by atomic mass is 10.0. The van der Waals surface area contributed by atoms with Gasteiger partial charge in [0.25, 0.3) is 11.8 Å². The van der Waals surface area contributed by atoms with Crippen LogP contribution in [-0.2, 0) is 10.9 Å². The highest BCUT2D eigenvalue weighted by molar-refractivity contribution is 6.05. The quantitative estimate of drug-likeness (QED) is 0.519. The molecule has 0 unspecified atom stereocenters. The lowest BCUT2D eigenvalue weighted by molar-refractivity contribution is -0.137. The Morgan fingerprint density at radius 3 is 2.41 bits per heavy atom. The highest BCUT2D eigenvalue weighted by atomic mass is 19.4. The van der Waals surface area contributed by atoms with Gasteiger partial charge in [0.15, 0.2) is 0 Å². The van der Waals surface area contributed by atoms with Crippen LogP contribution in [0.5, 0.6) is 0 Å². The number of ether oxygens (including phenoxy) is 1. The van der Waals surface area contributed by atoms with Gasteiger partial charge in [-0.2, -0.15) is 18.3 Å². The molecule has 1 saturated heterocycles. The molecule has 2 aromatic heterocycles. The van der Waals surface area contributed by atoms with Crippen LogP contribution in [0.2, 0.25) is 0 Å². The Hall–Kier alpha value is -3.93. The third-order valence-electron chi connectivity index (χ3n) is 5.48. The number of amides is 2. The Balaban J connectivity index is 1.58. The van der Waals surface area contributed by atoms with Crippen molar-refractivity contribution < 1.29 is 27.5 Å². The summed E-state index contributed by atoms with van der Waals surface area (Å²) in [6.45, 7) is 1.10. The van der Waals surface area contributed by atoms with E-state index in [0.717, 1.165) is 18.3 Å². The molecule has 178 valence electrons. The molecule has 0 aliphatic carbocycles. The molecule has 0 radical (unpaired) electrons. The van der Waals surface area contributed by atoms with Gasteiger partial charge in [0.1, 0.15) is 22.9 Å². The van der Waals surface area contributed by atoms with Crippen molar-refractivity contribution >= 4 is 23.5 Å². The molecule has 1 fully saturated rings. The average Bonchev–Trinajstić information content (AvgIpc) is 3.16. The van der Waals surface area contributed by atoms with Crippen LogP contribution in [0.1, 0.15) is 45.2 Å². The Kier molecular flexibility index (Phi) is 6.24. The summed E-state index contributed by atoms with van der Waals surface area (Å²) >= 11 is 0. The van der Waals surface area contributed by atoms with Gasteiger partial charge in [-0.05, 0) is 37.1 Å². The topological polar surface area (TPSA) is 138 Å². The molecule has 1 aliphatic rings. The van der Waals surface area contributed by atoms with Gasteiger partial charge in [0.05, 0.1) is 11.6 Å². The van der Waals surface area contributed by atoms with Crippen LogP contribution >= 0.6 is 0 Å². The fourth-order valence-corrected chi connectivity index (χ4v) is 3.74. The standard InChI is InChI=1S/C22H21F3N6O3/c23-22(24,25)14-5-8-28-16(11-14)29-21(33)13-3-1-12(2-4-13)18-17(20(27)32)19(26)31(30-18)15-6-9-34-10-7-15/h1-5,8,11,15H,6-7,9-10,26H2,(H2,27,32)(H,28,29,33). The maximum absolute atomic E-state index is 12.9. The van der Waals surface area contributed by atoms with E-state index < -0.39 is 23.6 Å². The molecule has 3 heterocycles. The van der Waals surface area contributed by atoms with Crippen LogP contribution in [0.25, 0.3) is 11.3 Å². The predicted octanol–water partition coefficient (Wildman–Crippen LogP) is 3.25. The first-order valence-corrected chi connectivity index (χ1v) is 10.4. The number of aromatic nitrogens is 3. The second-order valence-corrected chi connectivity index (χ2v) is 7.72. The van der Waals surface area contributed by atoms with Crippen LogP contribution in [0.4, 0.5) is 24.8 Å². The number of benzene rings is 1. The zero-order valence-electron chi connectivity index (χ0n) is 17.8. The van der Waals surface area contributed by atoms with Crippen molar-refractivity contribution in [3.63, 3.8) is 0 Å². The number of nitrogens with one attached hydrogen (secondary N) is 1. The summed E-state index contributed by atoms with van der Waals surface area (Å²) in [4.78, 5) is 28.4. The molecule has 1 aliphatic heterocycles. The van der Waals surface area contributed by atoms with Gasteiger partial charge >= 0.3 is 6.18 Å². The summed E-state index contributed by atoms with van der Waals surface area (Å²) in [7, 11) is 0. The minimum absolute atomic E-state index is 0.0365. The normalized spacial score (nSPS) is 14.7. The van der Waals surface area contributed by atoms with Crippen molar-refractivity contribution in [2.45, 2.75) is 25.1 Å². The number of anilines is 2. The summed E-state index contributed by atoms with van der Waals surface area (Å²) in [6, 6.07) is 7.53. The minimum atomic E-state index is -4.56. The maximum Gasteiger partial charge on any atom is 0.416 e. The number of nitrogen functional groups attached to an aromatic ring is 1. The van der Waals surface area contributed by atoms with Crippen LogP contribution in [-0.4, -0.2) is 39.8 Å². The largest absolute Gasteiger partial charge is 0.416 e. The van der Waals surface area contributed by atoms with E-state index in [1.165, 1.54) is 12.1 Å². The molecule has 0 spiro atoms. The van der Waals surface area contributed by atoms with Gasteiger partial charge in [0, 0.05) is 30.5 Å². The van der Waals surface area contributed by atoms with E-state index in [9.17, 15) is 22.8 Å². The van der Waals surface area contributed by atoms with Crippen LogP contribution in [0.15, 0.2) is 42.6 Å². The zero-order valence-corrected chi connectivity index (χ0v) is 17.8. The third kappa shape index (κ3) is 4.71. The number of primary amides is 1. The van der Waals surface area contributed by atoms with Gasteiger partial charge in [-0.1, -0.05) is 12.1 Å². The highest BCUT2D eigenvalue weighted by Gasteiger charge is 2.31. The first-order chi connectivity index (χ1) is 16.1. The number of carbonyl (C=O) groups excluding carboxylic acids is 2. The minimum Gasteiger partial charge on any atom is -0.383 e. The maximum atomic E-state index is 12.9. The number of nitrogens with two attached hydrogens (primary N) is 2. The van der Waals surface area contributed by atoms with Crippen molar-refractivity contribution in [1.82, 2.24) is 14.8 Å². The Morgan fingerprint density at radius 1 is 1.12 bits per heavy atom. The number of hydrogen-bond donors (Lipinski definition) is 3. The number of carbonyl (C=O) groups is 2. The van der Waals surface area contributed by atoms with E-state index in [4.69, 9.17) is 16.2 Å². The van der Waals surface area contributed by atoms with Crippen molar-refractivity contribution in [3.05, 3.63) is 59.3 Å². The molecular weight excluding hydrogens is 453 g/mol. The predicted molar refractivity (Wildman–Crippen MR) is 117 cm³/mol. The van der Waals surface area contributed by atoms with Crippen LogP contribution in [0.3, 0.4) is 0 Å². The monoisotopic (exact) mass is 474 g/mol. The van der Waals surface area contributed by atoms with Crippen molar-refractivity contribution in [3.8, 4) is 11.3 Å².